The van der Waals surface area contributed by atoms with Crippen molar-refractivity contribution in [2.45, 2.75) is 13.0 Å². The number of rotatable bonds is 2. The van der Waals surface area contributed by atoms with Crippen LogP contribution < -0.4 is 10.2 Å². The van der Waals surface area contributed by atoms with Crippen LogP contribution in [0.5, 0.6) is 0 Å². The van der Waals surface area contributed by atoms with Crippen molar-refractivity contribution < 1.29 is 4.79 Å². The van der Waals surface area contributed by atoms with Crippen LogP contribution in [0.3, 0.4) is 0 Å². The Morgan fingerprint density at radius 2 is 2.33 bits per heavy atom. The highest BCUT2D eigenvalue weighted by molar-refractivity contribution is 7.07. The van der Waals surface area contributed by atoms with Gasteiger partial charge in [0.2, 0.25) is 0 Å². The molecule has 1 aromatic heterocycles. The van der Waals surface area contributed by atoms with Crippen LogP contribution in [0.2, 0.25) is 0 Å². The minimum Gasteiger partial charge on any atom is -0.332 e. The van der Waals surface area contributed by atoms with Crippen molar-refractivity contribution in [2.24, 2.45) is 0 Å². The minimum absolute atomic E-state index is 0.0482. The molecular weight excluding hydrogens is 246 g/mol. The maximum absolute atomic E-state index is 12.1. The molecule has 1 aromatic carbocycles. The highest BCUT2D eigenvalue weighted by Gasteiger charge is 2.23. The molecule has 0 atom stereocenters. The van der Waals surface area contributed by atoms with Gasteiger partial charge in [0, 0.05) is 17.6 Å². The molecule has 0 bridgehead atoms. The average Bonchev–Trinajstić information content (AvgIpc) is 3.05. The van der Waals surface area contributed by atoms with E-state index >= 15 is 0 Å². The number of hydrogen-bond acceptors (Lipinski definition) is 3. The molecule has 0 fully saturated rings. The molecule has 0 spiro atoms. The molecule has 3 rings (SSSR count). The Bertz CT molecular complexity index is 553. The van der Waals surface area contributed by atoms with Crippen LogP contribution in [-0.4, -0.2) is 17.6 Å². The third-order valence-electron chi connectivity index (χ3n) is 3.04. The zero-order valence-corrected chi connectivity index (χ0v) is 10.6. The highest BCUT2D eigenvalue weighted by Crippen LogP contribution is 2.27. The van der Waals surface area contributed by atoms with E-state index in [-0.39, 0.29) is 6.03 Å². The second kappa shape index (κ2) is 4.78. The maximum atomic E-state index is 12.1. The third-order valence-corrected chi connectivity index (χ3v) is 3.67. The molecular formula is C13H13N3OS. The molecule has 5 heteroatoms. The number of hydrogen-bond donors (Lipinski definition) is 1. The second-order valence-electron chi connectivity index (χ2n) is 4.17. The first-order chi connectivity index (χ1) is 8.84. The number of nitrogens with zero attached hydrogens (tertiary/aromatic N) is 2. The van der Waals surface area contributed by atoms with Crippen molar-refractivity contribution in [1.82, 2.24) is 10.3 Å². The number of nitrogens with one attached hydrogen (secondary N) is 1. The highest BCUT2D eigenvalue weighted by atomic mass is 32.1. The Morgan fingerprint density at radius 3 is 3.17 bits per heavy atom. The van der Waals surface area contributed by atoms with Gasteiger partial charge in [-0.2, -0.15) is 0 Å². The summed E-state index contributed by atoms with van der Waals surface area (Å²) in [5, 5.41) is 4.84. The van der Waals surface area contributed by atoms with E-state index in [4.69, 9.17) is 0 Å². The number of aromatic nitrogens is 1. The third kappa shape index (κ3) is 2.09. The predicted molar refractivity (Wildman–Crippen MR) is 71.8 cm³/mol. The molecule has 18 heavy (non-hydrogen) atoms. The predicted octanol–water partition coefficient (Wildman–Crippen LogP) is 2.42. The summed E-state index contributed by atoms with van der Waals surface area (Å²) in [6.07, 6.45) is 0.931. The first-order valence-corrected chi connectivity index (χ1v) is 6.79. The Kier molecular flexibility index (Phi) is 2.98. The second-order valence-corrected chi connectivity index (χ2v) is 4.89. The van der Waals surface area contributed by atoms with Gasteiger partial charge in [-0.1, -0.05) is 18.2 Å². The van der Waals surface area contributed by atoms with Gasteiger partial charge in [0.15, 0.2) is 0 Å². The van der Waals surface area contributed by atoms with E-state index in [1.54, 1.807) is 10.4 Å². The number of urea groups is 1. The number of benzene rings is 1. The van der Waals surface area contributed by atoms with E-state index in [9.17, 15) is 4.79 Å². The summed E-state index contributed by atoms with van der Waals surface area (Å²) in [6, 6.07) is 7.99. The summed E-state index contributed by atoms with van der Waals surface area (Å²) in [5.74, 6) is 0. The summed E-state index contributed by atoms with van der Waals surface area (Å²) >= 11 is 1.54. The molecule has 1 N–H and O–H groups in total. The monoisotopic (exact) mass is 259 g/mol. The molecule has 0 aliphatic carbocycles. The van der Waals surface area contributed by atoms with Gasteiger partial charge in [-0.25, -0.2) is 9.78 Å². The van der Waals surface area contributed by atoms with Crippen LogP contribution >= 0.6 is 11.3 Å². The average molecular weight is 259 g/mol. The van der Waals surface area contributed by atoms with Gasteiger partial charge in [-0.05, 0) is 18.1 Å². The molecule has 0 unspecified atom stereocenters. The van der Waals surface area contributed by atoms with Crippen molar-refractivity contribution in [3.63, 3.8) is 0 Å². The van der Waals surface area contributed by atoms with Crippen molar-refractivity contribution >= 4 is 23.1 Å². The number of thiazole rings is 1. The lowest BCUT2D eigenvalue weighted by molar-refractivity contribution is 0.246. The van der Waals surface area contributed by atoms with E-state index in [1.165, 1.54) is 16.9 Å². The largest absolute Gasteiger partial charge is 0.332 e. The molecule has 1 aliphatic rings. The topological polar surface area (TPSA) is 45.2 Å². The number of fused-ring (bicyclic) bond motifs is 1. The Hall–Kier alpha value is -1.88. The molecule has 2 heterocycles. The molecule has 0 radical (unpaired) electrons. The molecule has 4 nitrogen and oxygen atoms in total. The van der Waals surface area contributed by atoms with Crippen LogP contribution in [-0.2, 0) is 13.0 Å². The van der Waals surface area contributed by atoms with Gasteiger partial charge in [0.05, 0.1) is 17.7 Å². The number of anilines is 1. The summed E-state index contributed by atoms with van der Waals surface area (Å²) in [7, 11) is 0. The zero-order valence-electron chi connectivity index (χ0n) is 9.80. The van der Waals surface area contributed by atoms with Crippen molar-refractivity contribution in [1.29, 1.82) is 0 Å². The molecule has 1 aliphatic heterocycles. The van der Waals surface area contributed by atoms with Crippen LogP contribution in [0.4, 0.5) is 10.5 Å². The van der Waals surface area contributed by atoms with Crippen molar-refractivity contribution in [3.8, 4) is 0 Å². The molecule has 2 amide bonds. The van der Waals surface area contributed by atoms with E-state index in [0.29, 0.717) is 6.54 Å². The molecule has 92 valence electrons. The van der Waals surface area contributed by atoms with Gasteiger partial charge in [-0.3, -0.25) is 4.90 Å². The SMILES string of the molecule is O=C(NCc1cscn1)N1CCc2ccccc21. The van der Waals surface area contributed by atoms with Gasteiger partial charge >= 0.3 is 6.03 Å². The smallest absolute Gasteiger partial charge is 0.322 e. The van der Waals surface area contributed by atoms with E-state index in [0.717, 1.165) is 24.3 Å². The molecule has 0 saturated heterocycles. The van der Waals surface area contributed by atoms with Crippen molar-refractivity contribution in [3.05, 3.63) is 46.4 Å². The van der Waals surface area contributed by atoms with Crippen LogP contribution in [0.1, 0.15) is 11.3 Å². The fraction of sp³-hybridized carbons (Fsp3) is 0.231. The number of amides is 2. The summed E-state index contributed by atoms with van der Waals surface area (Å²) in [6.45, 7) is 1.24. The van der Waals surface area contributed by atoms with Gasteiger partial charge in [-0.15, -0.1) is 11.3 Å². The minimum atomic E-state index is -0.0482. The Labute approximate surface area is 109 Å². The lowest BCUT2D eigenvalue weighted by Gasteiger charge is -2.17. The van der Waals surface area contributed by atoms with Crippen molar-refractivity contribution in [2.75, 3.05) is 11.4 Å². The number of para-hydroxylation sites is 1. The zero-order chi connectivity index (χ0) is 12.4. The van der Waals surface area contributed by atoms with Crippen LogP contribution in [0.15, 0.2) is 35.2 Å². The molecule has 2 aromatic rings. The van der Waals surface area contributed by atoms with Crippen LogP contribution in [0.25, 0.3) is 0 Å². The summed E-state index contributed by atoms with van der Waals surface area (Å²) in [5.41, 5.74) is 4.93. The fourth-order valence-corrected chi connectivity index (χ4v) is 2.69. The number of carbonyl (C=O) groups is 1. The van der Waals surface area contributed by atoms with Gasteiger partial charge in [0.25, 0.3) is 0 Å². The Morgan fingerprint density at radius 1 is 1.44 bits per heavy atom. The van der Waals surface area contributed by atoms with Gasteiger partial charge in [0.1, 0.15) is 0 Å². The van der Waals surface area contributed by atoms with Gasteiger partial charge < -0.3 is 5.32 Å². The van der Waals surface area contributed by atoms with E-state index < -0.39 is 0 Å². The Balaban J connectivity index is 1.67. The lowest BCUT2D eigenvalue weighted by atomic mass is 10.2. The maximum Gasteiger partial charge on any atom is 0.322 e. The normalized spacial score (nSPS) is 13.4. The first kappa shape index (κ1) is 11.2. The van der Waals surface area contributed by atoms with E-state index in [1.807, 2.05) is 23.6 Å². The van der Waals surface area contributed by atoms with E-state index in [2.05, 4.69) is 16.4 Å². The van der Waals surface area contributed by atoms with Crippen LogP contribution in [0, 0.1) is 0 Å². The first-order valence-electron chi connectivity index (χ1n) is 5.85. The quantitative estimate of drug-likeness (QED) is 0.900. The fourth-order valence-electron chi connectivity index (χ4n) is 2.14. The number of carbonyl (C=O) groups excluding carboxylic acids is 1. The summed E-state index contributed by atoms with van der Waals surface area (Å²) < 4.78 is 0. The standard InChI is InChI=1S/C13H13N3OS/c17-13(14-7-11-8-18-9-15-11)16-6-5-10-3-1-2-4-12(10)16/h1-4,8-9H,5-7H2,(H,14,17). The summed E-state index contributed by atoms with van der Waals surface area (Å²) in [4.78, 5) is 18.0. The lowest BCUT2D eigenvalue weighted by Crippen LogP contribution is -2.38. The molecule has 0 saturated carbocycles.